The molecule has 1 aromatic carbocycles. The predicted octanol–water partition coefficient (Wildman–Crippen LogP) is 2.37. The smallest absolute Gasteiger partial charge is 0.229 e. The molecule has 5 nitrogen and oxygen atoms in total. The van der Waals surface area contributed by atoms with Gasteiger partial charge in [-0.2, -0.15) is 0 Å². The molecule has 3 unspecified atom stereocenters. The molecule has 1 heterocycles. The van der Waals surface area contributed by atoms with Crippen molar-refractivity contribution in [2.24, 2.45) is 11.8 Å². The Morgan fingerprint density at radius 3 is 2.42 bits per heavy atom. The molecule has 0 spiro atoms. The van der Waals surface area contributed by atoms with Crippen LogP contribution in [0.15, 0.2) is 24.3 Å². The van der Waals surface area contributed by atoms with Crippen LogP contribution in [0.25, 0.3) is 0 Å². The maximum absolute atomic E-state index is 11.6. The van der Waals surface area contributed by atoms with Crippen LogP contribution in [0.3, 0.4) is 0 Å². The Balaban J connectivity index is 1.43. The summed E-state index contributed by atoms with van der Waals surface area (Å²) in [5, 5.41) is 0. The molecule has 1 saturated heterocycles. The molecule has 2 aliphatic carbocycles. The van der Waals surface area contributed by atoms with E-state index < -0.39 is 10.0 Å². The molecule has 0 aromatic heterocycles. The highest BCUT2D eigenvalue weighted by Gasteiger charge is 2.42. The third kappa shape index (κ3) is 3.26. The van der Waals surface area contributed by atoms with Crippen LogP contribution >= 0.6 is 0 Å². The molecule has 3 aliphatic rings. The summed E-state index contributed by atoms with van der Waals surface area (Å²) in [6, 6.07) is 8.52. The fraction of sp³-hybridized carbons (Fsp3) is 0.667. The van der Waals surface area contributed by atoms with E-state index in [4.69, 9.17) is 0 Å². The second-order valence-corrected chi connectivity index (χ2v) is 9.41. The molecule has 4 rings (SSSR count). The first-order valence-corrected chi connectivity index (χ1v) is 10.9. The zero-order valence-corrected chi connectivity index (χ0v) is 15.1. The largest absolute Gasteiger partial charge is 0.367 e. The summed E-state index contributed by atoms with van der Waals surface area (Å²) < 4.78 is 25.8. The Kier molecular flexibility index (Phi) is 4.21. The van der Waals surface area contributed by atoms with E-state index in [0.717, 1.165) is 49.7 Å². The first-order chi connectivity index (χ1) is 11.5. The fourth-order valence-corrected chi connectivity index (χ4v) is 5.56. The highest BCUT2D eigenvalue weighted by Crippen LogP contribution is 2.46. The summed E-state index contributed by atoms with van der Waals surface area (Å²) in [4.78, 5) is 5.00. The molecule has 0 radical (unpaired) electrons. The van der Waals surface area contributed by atoms with Gasteiger partial charge >= 0.3 is 0 Å². The molecule has 1 aliphatic heterocycles. The van der Waals surface area contributed by atoms with Gasteiger partial charge in [-0.05, 0) is 43.2 Å². The minimum Gasteiger partial charge on any atom is -0.367 e. The van der Waals surface area contributed by atoms with Gasteiger partial charge in [0.2, 0.25) is 10.0 Å². The maximum atomic E-state index is 11.6. The van der Waals surface area contributed by atoms with Crippen LogP contribution in [-0.4, -0.2) is 51.8 Å². The molecule has 2 saturated carbocycles. The van der Waals surface area contributed by atoms with Crippen molar-refractivity contribution in [1.82, 2.24) is 4.90 Å². The number of rotatable bonds is 4. The number of piperazine rings is 1. The first kappa shape index (κ1) is 16.2. The third-order valence-electron chi connectivity index (χ3n) is 6.02. The van der Waals surface area contributed by atoms with Crippen LogP contribution in [0, 0.1) is 11.8 Å². The van der Waals surface area contributed by atoms with E-state index in [1.807, 2.05) is 24.3 Å². The maximum Gasteiger partial charge on any atom is 0.229 e. The van der Waals surface area contributed by atoms with Gasteiger partial charge in [-0.3, -0.25) is 9.62 Å². The monoisotopic (exact) mass is 349 g/mol. The van der Waals surface area contributed by atoms with Crippen LogP contribution < -0.4 is 9.62 Å². The topological polar surface area (TPSA) is 52.7 Å². The van der Waals surface area contributed by atoms with E-state index in [0.29, 0.717) is 5.69 Å². The van der Waals surface area contributed by atoms with E-state index in [9.17, 15) is 8.42 Å². The van der Waals surface area contributed by atoms with Gasteiger partial charge in [-0.1, -0.05) is 18.6 Å². The summed E-state index contributed by atoms with van der Waals surface area (Å²) in [5.41, 5.74) is 1.68. The quantitative estimate of drug-likeness (QED) is 0.907. The highest BCUT2D eigenvalue weighted by molar-refractivity contribution is 7.92. The minimum absolute atomic E-state index is 0.688. The predicted molar refractivity (Wildman–Crippen MR) is 97.9 cm³/mol. The van der Waals surface area contributed by atoms with E-state index in [2.05, 4.69) is 14.5 Å². The van der Waals surface area contributed by atoms with Crippen molar-refractivity contribution in [1.29, 1.82) is 0 Å². The van der Waals surface area contributed by atoms with Gasteiger partial charge in [0.15, 0.2) is 0 Å². The fourth-order valence-electron chi connectivity index (χ4n) is 4.99. The number of sulfonamides is 1. The third-order valence-corrected chi connectivity index (χ3v) is 6.61. The zero-order chi connectivity index (χ0) is 16.7. The molecule has 2 bridgehead atoms. The number of nitrogens with one attached hydrogen (secondary N) is 1. The zero-order valence-electron chi connectivity index (χ0n) is 14.3. The lowest BCUT2D eigenvalue weighted by Gasteiger charge is -2.42. The Labute approximate surface area is 145 Å². The Morgan fingerprint density at radius 2 is 1.79 bits per heavy atom. The SMILES string of the molecule is CS(=O)(=O)Nc1ccccc1N1CCN(C2CC3CCC2C3)CC1. The molecule has 3 fully saturated rings. The van der Waals surface area contributed by atoms with Crippen LogP contribution in [0.4, 0.5) is 11.4 Å². The average molecular weight is 350 g/mol. The molecule has 1 aromatic rings. The Hall–Kier alpha value is -1.27. The van der Waals surface area contributed by atoms with E-state index in [1.54, 1.807) is 0 Å². The normalized spacial score (nSPS) is 30.7. The highest BCUT2D eigenvalue weighted by atomic mass is 32.2. The lowest BCUT2D eigenvalue weighted by molar-refractivity contribution is 0.135. The van der Waals surface area contributed by atoms with Crippen LogP contribution in [-0.2, 0) is 10.0 Å². The van der Waals surface area contributed by atoms with Crippen molar-refractivity contribution >= 4 is 21.4 Å². The van der Waals surface area contributed by atoms with Gasteiger partial charge in [0.25, 0.3) is 0 Å². The number of fused-ring (bicyclic) bond motifs is 2. The van der Waals surface area contributed by atoms with Gasteiger partial charge in [0.05, 0.1) is 17.6 Å². The van der Waals surface area contributed by atoms with Gasteiger partial charge in [-0.25, -0.2) is 8.42 Å². The molecule has 3 atom stereocenters. The molecule has 6 heteroatoms. The molecular weight excluding hydrogens is 322 g/mol. The van der Waals surface area contributed by atoms with E-state index in [1.165, 1.54) is 31.9 Å². The van der Waals surface area contributed by atoms with Gasteiger partial charge in [0, 0.05) is 32.2 Å². The van der Waals surface area contributed by atoms with Crippen LogP contribution in [0.5, 0.6) is 0 Å². The minimum atomic E-state index is -3.26. The molecular formula is C18H27N3O2S. The van der Waals surface area contributed by atoms with Crippen molar-refractivity contribution in [3.05, 3.63) is 24.3 Å². The standard InChI is InChI=1S/C18H27N3O2S/c1-24(22,23)19-16-4-2-3-5-17(16)20-8-10-21(11-9-20)18-13-14-6-7-15(18)12-14/h2-5,14-15,18-19H,6-13H2,1H3. The first-order valence-electron chi connectivity index (χ1n) is 9.05. The second kappa shape index (κ2) is 6.23. The van der Waals surface area contributed by atoms with Crippen molar-refractivity contribution in [2.75, 3.05) is 42.1 Å². The average Bonchev–Trinajstić information content (AvgIpc) is 3.17. The summed E-state index contributed by atoms with van der Waals surface area (Å²) >= 11 is 0. The molecule has 24 heavy (non-hydrogen) atoms. The van der Waals surface area contributed by atoms with Crippen LogP contribution in [0.1, 0.15) is 25.7 Å². The molecule has 0 amide bonds. The molecule has 1 N–H and O–H groups in total. The Bertz CT molecular complexity index is 698. The number of benzene rings is 1. The number of para-hydroxylation sites is 2. The summed E-state index contributed by atoms with van der Waals surface area (Å²) in [6.45, 7) is 4.11. The van der Waals surface area contributed by atoms with Crippen molar-refractivity contribution in [2.45, 2.75) is 31.7 Å². The van der Waals surface area contributed by atoms with Crippen molar-refractivity contribution in [3.63, 3.8) is 0 Å². The second-order valence-electron chi connectivity index (χ2n) is 7.66. The van der Waals surface area contributed by atoms with Crippen LogP contribution in [0.2, 0.25) is 0 Å². The van der Waals surface area contributed by atoms with E-state index >= 15 is 0 Å². The number of hydrogen-bond donors (Lipinski definition) is 1. The van der Waals surface area contributed by atoms with Gasteiger partial charge in [0.1, 0.15) is 0 Å². The summed E-state index contributed by atoms with van der Waals surface area (Å²) in [7, 11) is -3.26. The Morgan fingerprint density at radius 1 is 1.04 bits per heavy atom. The molecule has 132 valence electrons. The number of nitrogens with zero attached hydrogens (tertiary/aromatic N) is 2. The van der Waals surface area contributed by atoms with Crippen molar-refractivity contribution < 1.29 is 8.42 Å². The van der Waals surface area contributed by atoms with Gasteiger partial charge in [-0.15, -0.1) is 0 Å². The number of hydrogen-bond acceptors (Lipinski definition) is 4. The van der Waals surface area contributed by atoms with Gasteiger partial charge < -0.3 is 4.90 Å². The summed E-state index contributed by atoms with van der Waals surface area (Å²) in [5.74, 6) is 1.92. The lowest BCUT2D eigenvalue weighted by Crippen LogP contribution is -2.51. The van der Waals surface area contributed by atoms with Crippen molar-refractivity contribution in [3.8, 4) is 0 Å². The number of anilines is 2. The van der Waals surface area contributed by atoms with E-state index in [-0.39, 0.29) is 0 Å². The summed E-state index contributed by atoms with van der Waals surface area (Å²) in [6.07, 6.45) is 6.93. The lowest BCUT2D eigenvalue weighted by atomic mass is 9.93.